The van der Waals surface area contributed by atoms with Crippen LogP contribution in [0.2, 0.25) is 0 Å². The summed E-state index contributed by atoms with van der Waals surface area (Å²) in [7, 11) is 2.05. The molecule has 0 fully saturated rings. The van der Waals surface area contributed by atoms with E-state index in [9.17, 15) is 0 Å². The van der Waals surface area contributed by atoms with Gasteiger partial charge in [-0.1, -0.05) is 63.8 Å². The van der Waals surface area contributed by atoms with Crippen molar-refractivity contribution in [1.29, 1.82) is 0 Å². The Hall–Kier alpha value is -1.41. The van der Waals surface area contributed by atoms with Crippen LogP contribution in [0.1, 0.15) is 57.7 Å². The number of benzene rings is 1. The first kappa shape index (κ1) is 16.0. The maximum absolute atomic E-state index is 4.85. The van der Waals surface area contributed by atoms with Gasteiger partial charge in [0.1, 0.15) is 0 Å². The number of unbranched alkanes of at least 4 members (excludes halogenated alkanes) is 1. The van der Waals surface area contributed by atoms with E-state index in [1.165, 1.54) is 43.2 Å². The van der Waals surface area contributed by atoms with Crippen molar-refractivity contribution >= 4 is 10.9 Å². The lowest BCUT2D eigenvalue weighted by Gasteiger charge is -2.22. The van der Waals surface area contributed by atoms with Crippen molar-refractivity contribution < 1.29 is 0 Å². The number of para-hydroxylation sites is 1. The first-order valence-electron chi connectivity index (χ1n) is 8.31. The van der Waals surface area contributed by atoms with Gasteiger partial charge in [0, 0.05) is 11.4 Å². The maximum atomic E-state index is 4.85. The first-order valence-corrected chi connectivity index (χ1v) is 8.31. The van der Waals surface area contributed by atoms with Crippen LogP contribution in [0.5, 0.6) is 0 Å². The Morgan fingerprint density at radius 1 is 1.10 bits per heavy atom. The zero-order valence-corrected chi connectivity index (χ0v) is 13.6. The van der Waals surface area contributed by atoms with Crippen molar-refractivity contribution in [3.63, 3.8) is 0 Å². The van der Waals surface area contributed by atoms with Crippen molar-refractivity contribution in [2.75, 3.05) is 7.05 Å². The number of hydrogen-bond donors (Lipinski definition) is 1. The van der Waals surface area contributed by atoms with E-state index in [-0.39, 0.29) is 0 Å². The van der Waals surface area contributed by atoms with Gasteiger partial charge in [-0.05, 0) is 31.5 Å². The highest BCUT2D eigenvalue weighted by atomic mass is 14.9. The van der Waals surface area contributed by atoms with Gasteiger partial charge < -0.3 is 5.32 Å². The summed E-state index contributed by atoms with van der Waals surface area (Å²) in [5.74, 6) is 0.788. The number of hydrogen-bond acceptors (Lipinski definition) is 2. The Balaban J connectivity index is 2.14. The third kappa shape index (κ3) is 4.28. The molecule has 0 amide bonds. The number of fused-ring (bicyclic) bond motifs is 1. The molecule has 0 aliphatic rings. The van der Waals surface area contributed by atoms with Crippen LogP contribution in [0, 0.1) is 5.92 Å². The molecule has 2 aromatic rings. The molecule has 0 radical (unpaired) electrons. The zero-order chi connectivity index (χ0) is 15.1. The van der Waals surface area contributed by atoms with Gasteiger partial charge in [0.05, 0.1) is 11.2 Å². The van der Waals surface area contributed by atoms with E-state index in [0.717, 1.165) is 11.4 Å². The summed E-state index contributed by atoms with van der Waals surface area (Å²) >= 11 is 0. The van der Waals surface area contributed by atoms with Crippen molar-refractivity contribution in [2.45, 2.75) is 52.0 Å². The molecule has 2 nitrogen and oxygen atoms in total. The van der Waals surface area contributed by atoms with E-state index >= 15 is 0 Å². The van der Waals surface area contributed by atoms with E-state index in [1.807, 2.05) is 7.05 Å². The third-order valence-electron chi connectivity index (χ3n) is 4.44. The van der Waals surface area contributed by atoms with E-state index in [2.05, 4.69) is 55.6 Å². The molecule has 1 N–H and O–H groups in total. The van der Waals surface area contributed by atoms with Gasteiger partial charge in [-0.3, -0.25) is 4.98 Å². The molecule has 1 aromatic heterocycles. The molecule has 1 heterocycles. The highest BCUT2D eigenvalue weighted by Crippen LogP contribution is 2.26. The Kier molecular flexibility index (Phi) is 6.19. The number of rotatable bonds is 8. The minimum absolute atomic E-state index is 0.358. The minimum atomic E-state index is 0.358. The molecule has 1 aromatic carbocycles. The second-order valence-electron chi connectivity index (χ2n) is 5.92. The van der Waals surface area contributed by atoms with Crippen LogP contribution in [-0.4, -0.2) is 12.0 Å². The second-order valence-corrected chi connectivity index (χ2v) is 5.92. The average molecular weight is 284 g/mol. The van der Waals surface area contributed by atoms with Crippen LogP contribution in [0.15, 0.2) is 36.4 Å². The Morgan fingerprint density at radius 3 is 2.62 bits per heavy atom. The van der Waals surface area contributed by atoms with Gasteiger partial charge >= 0.3 is 0 Å². The molecule has 21 heavy (non-hydrogen) atoms. The van der Waals surface area contributed by atoms with Crippen LogP contribution in [0.4, 0.5) is 0 Å². The van der Waals surface area contributed by atoms with Crippen LogP contribution in [-0.2, 0) is 0 Å². The molecular weight excluding hydrogens is 256 g/mol. The predicted octanol–water partition coefficient (Wildman–Crippen LogP) is 5.10. The molecule has 2 unspecified atom stereocenters. The molecule has 114 valence electrons. The molecule has 0 spiro atoms. The molecule has 0 aliphatic heterocycles. The fourth-order valence-corrected chi connectivity index (χ4v) is 2.98. The molecule has 2 rings (SSSR count). The monoisotopic (exact) mass is 284 g/mol. The molecule has 0 saturated heterocycles. The highest BCUT2D eigenvalue weighted by molar-refractivity contribution is 5.78. The normalized spacial score (nSPS) is 14.2. The van der Waals surface area contributed by atoms with E-state index in [0.29, 0.717) is 6.04 Å². The fraction of sp³-hybridized carbons (Fsp3) is 0.526. The smallest absolute Gasteiger partial charge is 0.0706 e. The van der Waals surface area contributed by atoms with Crippen LogP contribution < -0.4 is 5.32 Å². The summed E-state index contributed by atoms with van der Waals surface area (Å²) in [4.78, 5) is 4.85. The maximum Gasteiger partial charge on any atom is 0.0706 e. The van der Waals surface area contributed by atoms with Crippen LogP contribution >= 0.6 is 0 Å². The zero-order valence-electron chi connectivity index (χ0n) is 13.6. The fourth-order valence-electron chi connectivity index (χ4n) is 2.98. The summed E-state index contributed by atoms with van der Waals surface area (Å²) in [6, 6.07) is 13.1. The van der Waals surface area contributed by atoms with Crippen LogP contribution in [0.25, 0.3) is 10.9 Å². The summed E-state index contributed by atoms with van der Waals surface area (Å²) < 4.78 is 0. The van der Waals surface area contributed by atoms with Crippen LogP contribution in [0.3, 0.4) is 0 Å². The lowest BCUT2D eigenvalue weighted by Crippen LogP contribution is -2.21. The number of aromatic nitrogens is 1. The topological polar surface area (TPSA) is 24.9 Å². The SMILES string of the molecule is CCCCC(CC)CC(NC)c1ccc2ccccc2n1. The van der Waals surface area contributed by atoms with Crippen molar-refractivity contribution in [2.24, 2.45) is 5.92 Å². The van der Waals surface area contributed by atoms with Crippen molar-refractivity contribution in [3.8, 4) is 0 Å². The molecule has 2 heteroatoms. The number of nitrogens with zero attached hydrogens (tertiary/aromatic N) is 1. The molecule has 0 bridgehead atoms. The van der Waals surface area contributed by atoms with Gasteiger partial charge in [0.25, 0.3) is 0 Å². The number of nitrogens with one attached hydrogen (secondary N) is 1. The van der Waals surface area contributed by atoms with Gasteiger partial charge in [-0.25, -0.2) is 0 Å². The molecule has 0 aliphatic carbocycles. The summed E-state index contributed by atoms with van der Waals surface area (Å²) in [5, 5.41) is 4.68. The van der Waals surface area contributed by atoms with Gasteiger partial charge in [0.2, 0.25) is 0 Å². The summed E-state index contributed by atoms with van der Waals surface area (Å²) in [5.41, 5.74) is 2.27. The second kappa shape index (κ2) is 8.14. The third-order valence-corrected chi connectivity index (χ3v) is 4.44. The summed E-state index contributed by atoms with van der Waals surface area (Å²) in [6.07, 6.45) is 6.39. The Labute approximate surface area is 129 Å². The largest absolute Gasteiger partial charge is 0.312 e. The van der Waals surface area contributed by atoms with E-state index < -0.39 is 0 Å². The predicted molar refractivity (Wildman–Crippen MR) is 91.5 cm³/mol. The van der Waals surface area contributed by atoms with Crippen molar-refractivity contribution in [3.05, 3.63) is 42.1 Å². The minimum Gasteiger partial charge on any atom is -0.312 e. The quantitative estimate of drug-likeness (QED) is 0.729. The van der Waals surface area contributed by atoms with E-state index in [4.69, 9.17) is 4.98 Å². The lowest BCUT2D eigenvalue weighted by molar-refractivity contribution is 0.361. The van der Waals surface area contributed by atoms with E-state index in [1.54, 1.807) is 0 Å². The molecular formula is C19H28N2. The average Bonchev–Trinajstić information content (AvgIpc) is 2.55. The number of pyridine rings is 1. The first-order chi connectivity index (χ1) is 10.3. The van der Waals surface area contributed by atoms with Gasteiger partial charge in [0.15, 0.2) is 0 Å². The van der Waals surface area contributed by atoms with Gasteiger partial charge in [-0.15, -0.1) is 0 Å². The standard InChI is InChI=1S/C19H28N2/c1-4-6-9-15(5-2)14-19(20-3)18-13-12-16-10-7-8-11-17(16)21-18/h7-8,10-13,15,19-20H,4-6,9,14H2,1-3H3. The summed E-state index contributed by atoms with van der Waals surface area (Å²) in [6.45, 7) is 4.58. The molecule has 2 atom stereocenters. The highest BCUT2D eigenvalue weighted by Gasteiger charge is 2.16. The Bertz CT molecular complexity index is 550. The lowest BCUT2D eigenvalue weighted by atomic mass is 9.90. The molecule has 0 saturated carbocycles. The van der Waals surface area contributed by atoms with Crippen molar-refractivity contribution in [1.82, 2.24) is 10.3 Å². The Morgan fingerprint density at radius 2 is 1.90 bits per heavy atom. The van der Waals surface area contributed by atoms with Gasteiger partial charge in [-0.2, -0.15) is 0 Å².